The number of guanidine groups is 1. The monoisotopic (exact) mass is 464 g/mol. The first-order valence-electron chi connectivity index (χ1n) is 9.06. The number of nitrogens with zero attached hydrogens (tertiary/aromatic N) is 2. The fraction of sp³-hybridized carbons (Fsp3) is 0.722. The number of rotatable bonds is 10. The highest BCUT2D eigenvalue weighted by atomic mass is 127. The van der Waals surface area contributed by atoms with E-state index in [2.05, 4.69) is 26.6 Å². The number of hydrogen-bond acceptors (Lipinski definition) is 4. The summed E-state index contributed by atoms with van der Waals surface area (Å²) >= 11 is 0. The number of nitrogens with one attached hydrogen (secondary N) is 2. The van der Waals surface area contributed by atoms with Crippen LogP contribution in [0.3, 0.4) is 0 Å². The van der Waals surface area contributed by atoms with E-state index >= 15 is 0 Å². The molecule has 0 radical (unpaired) electrons. The number of likely N-dealkylation sites (tertiary alicyclic amines) is 1. The van der Waals surface area contributed by atoms with E-state index in [0.717, 1.165) is 57.3 Å². The van der Waals surface area contributed by atoms with Crippen molar-refractivity contribution in [2.45, 2.75) is 38.1 Å². The zero-order valence-corrected chi connectivity index (χ0v) is 17.8. The Labute approximate surface area is 168 Å². The van der Waals surface area contributed by atoms with Crippen molar-refractivity contribution in [2.24, 2.45) is 4.99 Å². The number of ether oxygens (including phenoxy) is 1. The van der Waals surface area contributed by atoms with Gasteiger partial charge >= 0.3 is 0 Å². The van der Waals surface area contributed by atoms with Gasteiger partial charge < -0.3 is 19.8 Å². The van der Waals surface area contributed by atoms with E-state index in [0.29, 0.717) is 0 Å². The molecule has 144 valence electrons. The smallest absolute Gasteiger partial charge is 0.191 e. The lowest BCUT2D eigenvalue weighted by molar-refractivity contribution is 0.192. The van der Waals surface area contributed by atoms with E-state index in [4.69, 9.17) is 9.15 Å². The van der Waals surface area contributed by atoms with Crippen molar-refractivity contribution in [3.63, 3.8) is 0 Å². The van der Waals surface area contributed by atoms with Crippen molar-refractivity contribution in [2.75, 3.05) is 46.9 Å². The normalized spacial score (nSPS) is 16.5. The molecule has 1 aromatic rings. The summed E-state index contributed by atoms with van der Waals surface area (Å²) in [6, 6.07) is 4.30. The highest BCUT2D eigenvalue weighted by Crippen LogP contribution is 2.24. The van der Waals surface area contributed by atoms with Crippen molar-refractivity contribution in [1.29, 1.82) is 0 Å². The third-order valence-electron chi connectivity index (χ3n) is 4.46. The Morgan fingerprint density at radius 3 is 2.72 bits per heavy atom. The van der Waals surface area contributed by atoms with Crippen LogP contribution < -0.4 is 10.6 Å². The molecule has 0 saturated carbocycles. The molecule has 1 aliphatic rings. The third-order valence-corrected chi connectivity index (χ3v) is 4.46. The quantitative estimate of drug-likeness (QED) is 0.241. The summed E-state index contributed by atoms with van der Waals surface area (Å²) in [5, 5.41) is 6.84. The summed E-state index contributed by atoms with van der Waals surface area (Å²) in [4.78, 5) is 6.81. The summed E-state index contributed by atoms with van der Waals surface area (Å²) in [6.07, 6.45) is 7.70. The molecule has 6 nitrogen and oxygen atoms in total. The molecule has 1 atom stereocenters. The van der Waals surface area contributed by atoms with Gasteiger partial charge in [0.05, 0.1) is 12.3 Å². The largest absolute Gasteiger partial charge is 0.468 e. The summed E-state index contributed by atoms with van der Waals surface area (Å²) in [6.45, 7) is 4.85. The highest BCUT2D eigenvalue weighted by molar-refractivity contribution is 14.0. The van der Waals surface area contributed by atoms with E-state index in [1.165, 1.54) is 19.3 Å². The SMILES string of the molecule is CN=C(NCCCCCOC)NCC(c1ccco1)N1CCCC1.I. The third kappa shape index (κ3) is 7.96. The molecule has 7 heteroatoms. The van der Waals surface area contributed by atoms with Crippen LogP contribution in [0.4, 0.5) is 0 Å². The van der Waals surface area contributed by atoms with Gasteiger partial charge in [0.2, 0.25) is 0 Å². The molecule has 1 saturated heterocycles. The first kappa shape index (κ1) is 22.2. The number of hydrogen-bond donors (Lipinski definition) is 2. The predicted molar refractivity (Wildman–Crippen MR) is 113 cm³/mol. The van der Waals surface area contributed by atoms with Crippen LogP contribution in [0.25, 0.3) is 0 Å². The fourth-order valence-electron chi connectivity index (χ4n) is 3.11. The predicted octanol–water partition coefficient (Wildman–Crippen LogP) is 3.02. The van der Waals surface area contributed by atoms with Gasteiger partial charge in [-0.2, -0.15) is 0 Å². The second-order valence-corrected chi connectivity index (χ2v) is 6.21. The maximum absolute atomic E-state index is 5.66. The molecule has 0 bridgehead atoms. The summed E-state index contributed by atoms with van der Waals surface area (Å²) in [7, 11) is 3.57. The van der Waals surface area contributed by atoms with Crippen molar-refractivity contribution < 1.29 is 9.15 Å². The van der Waals surface area contributed by atoms with Crippen LogP contribution >= 0.6 is 24.0 Å². The number of halogens is 1. The van der Waals surface area contributed by atoms with E-state index < -0.39 is 0 Å². The van der Waals surface area contributed by atoms with Crippen LogP contribution in [-0.4, -0.2) is 57.8 Å². The van der Waals surface area contributed by atoms with Crippen LogP contribution in [0.1, 0.15) is 43.9 Å². The van der Waals surface area contributed by atoms with Crippen LogP contribution in [0.5, 0.6) is 0 Å². The summed E-state index contributed by atoms with van der Waals surface area (Å²) < 4.78 is 10.7. The molecule has 2 rings (SSSR count). The van der Waals surface area contributed by atoms with Gasteiger partial charge in [-0.05, 0) is 57.3 Å². The average molecular weight is 464 g/mol. The Bertz CT molecular complexity index is 462. The molecule has 2 N–H and O–H groups in total. The number of methoxy groups -OCH3 is 1. The molecule has 1 fully saturated rings. The number of aliphatic imine (C=N–C) groups is 1. The van der Waals surface area contributed by atoms with E-state index in [1.54, 1.807) is 13.4 Å². The van der Waals surface area contributed by atoms with Gasteiger partial charge in [-0.1, -0.05) is 0 Å². The molecule has 0 aliphatic carbocycles. The maximum atomic E-state index is 5.66. The average Bonchev–Trinajstić information content (AvgIpc) is 3.30. The Morgan fingerprint density at radius 1 is 1.28 bits per heavy atom. The number of unbranched alkanes of at least 4 members (excludes halogenated alkanes) is 2. The zero-order chi connectivity index (χ0) is 17.0. The second-order valence-electron chi connectivity index (χ2n) is 6.21. The molecule has 1 unspecified atom stereocenters. The summed E-state index contributed by atoms with van der Waals surface area (Å²) in [5.74, 6) is 1.89. The molecule has 0 spiro atoms. The van der Waals surface area contributed by atoms with Gasteiger partial charge in [0, 0.05) is 33.9 Å². The molecule has 1 aromatic heterocycles. The lowest BCUT2D eigenvalue weighted by atomic mass is 10.2. The molecule has 0 aromatic carbocycles. The number of furan rings is 1. The van der Waals surface area contributed by atoms with Gasteiger partial charge in [-0.25, -0.2) is 0 Å². The van der Waals surface area contributed by atoms with E-state index in [9.17, 15) is 0 Å². The molecule has 25 heavy (non-hydrogen) atoms. The molecular weight excluding hydrogens is 431 g/mol. The molecule has 1 aliphatic heterocycles. The first-order valence-corrected chi connectivity index (χ1v) is 9.06. The van der Waals surface area contributed by atoms with Gasteiger partial charge in [0.15, 0.2) is 5.96 Å². The first-order chi connectivity index (χ1) is 11.8. The van der Waals surface area contributed by atoms with E-state index in [1.807, 2.05) is 13.1 Å². The van der Waals surface area contributed by atoms with Crippen LogP contribution in [0.15, 0.2) is 27.8 Å². The second kappa shape index (κ2) is 13.4. The van der Waals surface area contributed by atoms with Crippen molar-refractivity contribution in [1.82, 2.24) is 15.5 Å². The zero-order valence-electron chi connectivity index (χ0n) is 15.5. The lowest BCUT2D eigenvalue weighted by Gasteiger charge is -2.26. The standard InChI is InChI=1S/C18H32N4O2.HI/c1-19-18(20-10-4-3-7-13-23-2)21-15-16(17-9-8-14-24-17)22-11-5-6-12-22;/h8-9,14,16H,3-7,10-13,15H2,1-2H3,(H2,19,20,21);1H. The van der Waals surface area contributed by atoms with Crippen LogP contribution in [0.2, 0.25) is 0 Å². The van der Waals surface area contributed by atoms with Crippen LogP contribution in [-0.2, 0) is 4.74 Å². The van der Waals surface area contributed by atoms with Gasteiger partial charge in [-0.3, -0.25) is 9.89 Å². The lowest BCUT2D eigenvalue weighted by Crippen LogP contribution is -2.42. The topological polar surface area (TPSA) is 62.0 Å². The molecule has 2 heterocycles. The van der Waals surface area contributed by atoms with Gasteiger partial charge in [0.1, 0.15) is 5.76 Å². The molecule has 0 amide bonds. The minimum atomic E-state index is 0. The Balaban J connectivity index is 0.00000312. The van der Waals surface area contributed by atoms with Gasteiger partial charge in [0.25, 0.3) is 0 Å². The minimum Gasteiger partial charge on any atom is -0.468 e. The van der Waals surface area contributed by atoms with Gasteiger partial charge in [-0.15, -0.1) is 24.0 Å². The van der Waals surface area contributed by atoms with Crippen LogP contribution in [0, 0.1) is 0 Å². The minimum absolute atomic E-state index is 0. The van der Waals surface area contributed by atoms with Crippen molar-refractivity contribution >= 4 is 29.9 Å². The van der Waals surface area contributed by atoms with Crippen molar-refractivity contribution in [3.8, 4) is 0 Å². The highest BCUT2D eigenvalue weighted by Gasteiger charge is 2.25. The summed E-state index contributed by atoms with van der Waals surface area (Å²) in [5.41, 5.74) is 0. The Morgan fingerprint density at radius 2 is 2.08 bits per heavy atom. The maximum Gasteiger partial charge on any atom is 0.191 e. The Hall–Kier alpha value is -0.800. The Kier molecular flexibility index (Phi) is 11.9. The van der Waals surface area contributed by atoms with Crippen molar-refractivity contribution in [3.05, 3.63) is 24.2 Å². The van der Waals surface area contributed by atoms with E-state index in [-0.39, 0.29) is 30.0 Å². The fourth-order valence-corrected chi connectivity index (χ4v) is 3.11. The molecular formula is C18H33IN4O2.